The number of carboxylic acids is 1. The summed E-state index contributed by atoms with van der Waals surface area (Å²) in [5, 5.41) is 11.6. The Morgan fingerprint density at radius 3 is 2.52 bits per heavy atom. The summed E-state index contributed by atoms with van der Waals surface area (Å²) in [7, 11) is 0. The summed E-state index contributed by atoms with van der Waals surface area (Å²) in [4.78, 5) is 27.4. The molecular formula is C15H17FN2O3. The van der Waals surface area contributed by atoms with E-state index < -0.39 is 22.9 Å². The van der Waals surface area contributed by atoms with Gasteiger partial charge in [-0.25, -0.2) is 9.18 Å². The number of amides is 1. The van der Waals surface area contributed by atoms with Crippen molar-refractivity contribution in [2.45, 2.75) is 33.2 Å². The molecule has 21 heavy (non-hydrogen) atoms. The Balaban J connectivity index is 2.61. The molecule has 1 aromatic rings. The topological polar surface area (TPSA) is 78.8 Å². The van der Waals surface area contributed by atoms with Gasteiger partial charge in [-0.1, -0.05) is 19.9 Å². The zero-order valence-corrected chi connectivity index (χ0v) is 12.3. The van der Waals surface area contributed by atoms with Crippen molar-refractivity contribution < 1.29 is 19.1 Å². The summed E-state index contributed by atoms with van der Waals surface area (Å²) < 4.78 is 14.4. The first kappa shape index (κ1) is 15.2. The van der Waals surface area contributed by atoms with Gasteiger partial charge < -0.3 is 10.4 Å². The molecule has 6 heteroatoms. The first-order valence-electron chi connectivity index (χ1n) is 6.62. The van der Waals surface area contributed by atoms with Gasteiger partial charge in [-0.2, -0.15) is 0 Å². The fourth-order valence-electron chi connectivity index (χ4n) is 2.18. The quantitative estimate of drug-likeness (QED) is 0.895. The number of carboxylic acid groups (broad SMARTS) is 1. The number of aliphatic imine (C=N–C) groups is 1. The Kier molecular flexibility index (Phi) is 3.57. The van der Waals surface area contributed by atoms with E-state index in [1.165, 1.54) is 12.1 Å². The van der Waals surface area contributed by atoms with E-state index in [0.717, 1.165) is 0 Å². The lowest BCUT2D eigenvalue weighted by Gasteiger charge is -2.21. The van der Waals surface area contributed by atoms with Crippen LogP contribution in [0.2, 0.25) is 0 Å². The Morgan fingerprint density at radius 1 is 1.43 bits per heavy atom. The molecule has 2 N–H and O–H groups in total. The summed E-state index contributed by atoms with van der Waals surface area (Å²) in [6.07, 6.45) is 0. The predicted octanol–water partition coefficient (Wildman–Crippen LogP) is 2.12. The summed E-state index contributed by atoms with van der Waals surface area (Å²) in [5.41, 5.74) is -0.865. The average molecular weight is 292 g/mol. The van der Waals surface area contributed by atoms with Crippen molar-refractivity contribution in [2.75, 3.05) is 0 Å². The minimum atomic E-state index is -1.36. The number of rotatable bonds is 3. The van der Waals surface area contributed by atoms with Crippen molar-refractivity contribution in [1.29, 1.82) is 0 Å². The van der Waals surface area contributed by atoms with Crippen LogP contribution >= 0.6 is 0 Å². The summed E-state index contributed by atoms with van der Waals surface area (Å²) in [6.45, 7) is 7.02. The van der Waals surface area contributed by atoms with Crippen LogP contribution in [-0.4, -0.2) is 28.4 Å². The Morgan fingerprint density at radius 2 is 2.05 bits per heavy atom. The molecule has 1 aliphatic heterocycles. The molecule has 1 aliphatic rings. The van der Waals surface area contributed by atoms with Gasteiger partial charge in [-0.15, -0.1) is 0 Å². The van der Waals surface area contributed by atoms with E-state index in [1.54, 1.807) is 13.8 Å². The predicted molar refractivity (Wildman–Crippen MR) is 76.0 cm³/mol. The largest absolute Gasteiger partial charge is 0.478 e. The first-order valence-corrected chi connectivity index (χ1v) is 6.62. The number of hydrogen-bond donors (Lipinski definition) is 2. The van der Waals surface area contributed by atoms with Crippen LogP contribution < -0.4 is 5.32 Å². The summed E-state index contributed by atoms with van der Waals surface area (Å²) >= 11 is 0. The van der Waals surface area contributed by atoms with Crippen molar-refractivity contribution in [3.8, 4) is 0 Å². The fraction of sp³-hybridized carbons (Fsp3) is 0.400. The third kappa shape index (κ3) is 2.30. The number of benzene rings is 1. The minimum absolute atomic E-state index is 0.0348. The van der Waals surface area contributed by atoms with E-state index in [-0.39, 0.29) is 23.2 Å². The molecule has 0 fully saturated rings. The first-order chi connectivity index (χ1) is 9.68. The molecule has 0 aromatic heterocycles. The van der Waals surface area contributed by atoms with E-state index in [2.05, 4.69) is 10.3 Å². The molecule has 1 atom stereocenters. The fourth-order valence-corrected chi connectivity index (χ4v) is 2.18. The van der Waals surface area contributed by atoms with Gasteiger partial charge in [-0.05, 0) is 31.4 Å². The number of amidine groups is 1. The highest BCUT2D eigenvalue weighted by Crippen LogP contribution is 2.29. The molecule has 0 saturated carbocycles. The number of nitrogens with zero attached hydrogens (tertiary/aromatic N) is 1. The third-order valence-corrected chi connectivity index (χ3v) is 3.98. The van der Waals surface area contributed by atoms with E-state index in [0.29, 0.717) is 5.56 Å². The van der Waals surface area contributed by atoms with E-state index in [4.69, 9.17) is 5.11 Å². The van der Waals surface area contributed by atoms with Crippen LogP contribution in [-0.2, 0) is 4.79 Å². The maximum absolute atomic E-state index is 14.4. The monoisotopic (exact) mass is 292 g/mol. The summed E-state index contributed by atoms with van der Waals surface area (Å²) in [6, 6.07) is 2.71. The van der Waals surface area contributed by atoms with Gasteiger partial charge in [0, 0.05) is 0 Å². The van der Waals surface area contributed by atoms with Crippen molar-refractivity contribution in [3.05, 3.63) is 34.6 Å². The van der Waals surface area contributed by atoms with E-state index >= 15 is 0 Å². The molecule has 5 nitrogen and oxygen atoms in total. The molecule has 0 aliphatic carbocycles. The Bertz CT molecular complexity index is 667. The number of carbonyl (C=O) groups excluding carboxylic acids is 1. The number of nitrogens with one attached hydrogen (secondary N) is 1. The molecular weight excluding hydrogens is 275 g/mol. The molecule has 0 bridgehead atoms. The van der Waals surface area contributed by atoms with Crippen molar-refractivity contribution >= 4 is 17.7 Å². The second-order valence-electron chi connectivity index (χ2n) is 5.64. The minimum Gasteiger partial charge on any atom is -0.478 e. The number of aromatic carboxylic acids is 1. The van der Waals surface area contributed by atoms with Crippen LogP contribution in [0.15, 0.2) is 17.1 Å². The number of halogens is 1. The second kappa shape index (κ2) is 4.95. The van der Waals surface area contributed by atoms with Gasteiger partial charge >= 0.3 is 5.97 Å². The lowest BCUT2D eigenvalue weighted by atomic mass is 9.89. The second-order valence-corrected chi connectivity index (χ2v) is 5.64. The van der Waals surface area contributed by atoms with Crippen molar-refractivity contribution in [3.63, 3.8) is 0 Å². The highest BCUT2D eigenvalue weighted by Gasteiger charge is 2.43. The van der Waals surface area contributed by atoms with Gasteiger partial charge in [0.05, 0.1) is 11.1 Å². The van der Waals surface area contributed by atoms with Crippen molar-refractivity contribution in [1.82, 2.24) is 5.32 Å². The standard InChI is InChI=1S/C15H17FN2O3/c1-7(2)15(4)14(21)17-12(18-15)10-8(3)5-6-9(11(10)16)13(19)20/h5-7H,1-4H3,(H,19,20)(H,17,18,21). The molecule has 1 amide bonds. The van der Waals surface area contributed by atoms with Crippen molar-refractivity contribution in [2.24, 2.45) is 10.9 Å². The molecule has 1 aromatic carbocycles. The van der Waals surface area contributed by atoms with E-state index in [9.17, 15) is 14.0 Å². The van der Waals surface area contributed by atoms with Crippen LogP contribution in [0.5, 0.6) is 0 Å². The summed E-state index contributed by atoms with van der Waals surface area (Å²) in [5.74, 6) is -2.53. The zero-order valence-electron chi connectivity index (χ0n) is 12.3. The lowest BCUT2D eigenvalue weighted by molar-refractivity contribution is -0.124. The zero-order chi connectivity index (χ0) is 15.9. The average Bonchev–Trinajstić information content (AvgIpc) is 2.66. The highest BCUT2D eigenvalue weighted by molar-refractivity contribution is 6.16. The normalized spacial score (nSPS) is 21.4. The molecule has 1 unspecified atom stereocenters. The molecule has 112 valence electrons. The number of hydrogen-bond acceptors (Lipinski definition) is 3. The van der Waals surface area contributed by atoms with Gasteiger partial charge in [0.15, 0.2) is 0 Å². The molecule has 2 rings (SSSR count). The third-order valence-electron chi connectivity index (χ3n) is 3.98. The molecule has 0 saturated heterocycles. The van der Waals surface area contributed by atoms with Crippen LogP contribution in [0.1, 0.15) is 42.3 Å². The van der Waals surface area contributed by atoms with Crippen LogP contribution in [0.25, 0.3) is 0 Å². The lowest BCUT2D eigenvalue weighted by Crippen LogP contribution is -2.41. The Labute approximate surface area is 121 Å². The van der Waals surface area contributed by atoms with Gasteiger partial charge in [0.25, 0.3) is 5.91 Å². The van der Waals surface area contributed by atoms with Crippen LogP contribution in [0.3, 0.4) is 0 Å². The maximum Gasteiger partial charge on any atom is 0.338 e. The number of aryl methyl sites for hydroxylation is 1. The number of carbonyl (C=O) groups is 2. The van der Waals surface area contributed by atoms with Gasteiger partial charge in [-0.3, -0.25) is 9.79 Å². The maximum atomic E-state index is 14.4. The van der Waals surface area contributed by atoms with Gasteiger partial charge in [0.2, 0.25) is 0 Å². The van der Waals surface area contributed by atoms with Gasteiger partial charge in [0.1, 0.15) is 17.2 Å². The molecule has 0 spiro atoms. The molecule has 0 radical (unpaired) electrons. The van der Waals surface area contributed by atoms with Crippen LogP contribution in [0, 0.1) is 18.7 Å². The van der Waals surface area contributed by atoms with E-state index in [1.807, 2.05) is 13.8 Å². The SMILES string of the molecule is Cc1ccc(C(=O)O)c(F)c1C1=NC(C)(C(C)C)C(=O)N1. The highest BCUT2D eigenvalue weighted by atomic mass is 19.1. The molecule has 1 heterocycles. The Hall–Kier alpha value is -2.24. The smallest absolute Gasteiger partial charge is 0.338 e. The van der Waals surface area contributed by atoms with Crippen LogP contribution in [0.4, 0.5) is 4.39 Å².